The maximum absolute atomic E-state index is 11.4. The standard InChI is InChI=1S/C17H13ClN2O/c18-16-12(5-4-11-2-1-3-14(19)10-11)6-7-13-8-9-15(21)20-17(13)16/h1-10H,19H2,(H,20,21)/b5-4+. The predicted octanol–water partition coefficient (Wildman–Crippen LogP) is 3.93. The van der Waals surface area contributed by atoms with Gasteiger partial charge < -0.3 is 10.7 Å². The van der Waals surface area contributed by atoms with Crippen LogP contribution in [0.25, 0.3) is 23.1 Å². The summed E-state index contributed by atoms with van der Waals surface area (Å²) in [7, 11) is 0. The number of nitrogens with one attached hydrogen (secondary N) is 1. The normalized spacial score (nSPS) is 11.3. The van der Waals surface area contributed by atoms with Gasteiger partial charge in [-0.2, -0.15) is 0 Å². The zero-order chi connectivity index (χ0) is 14.8. The topological polar surface area (TPSA) is 58.9 Å². The summed E-state index contributed by atoms with van der Waals surface area (Å²) in [6.45, 7) is 0. The van der Waals surface area contributed by atoms with Gasteiger partial charge in [0.1, 0.15) is 0 Å². The second-order valence-corrected chi connectivity index (χ2v) is 5.14. The van der Waals surface area contributed by atoms with Gasteiger partial charge in [0.25, 0.3) is 0 Å². The first kappa shape index (κ1) is 13.5. The Morgan fingerprint density at radius 1 is 1.05 bits per heavy atom. The summed E-state index contributed by atoms with van der Waals surface area (Å²) in [6.07, 6.45) is 3.84. The van der Waals surface area contributed by atoms with Crippen LogP contribution in [-0.4, -0.2) is 4.98 Å². The van der Waals surface area contributed by atoms with Crippen LogP contribution in [0.1, 0.15) is 11.1 Å². The van der Waals surface area contributed by atoms with Crippen LogP contribution in [0.15, 0.2) is 53.3 Å². The van der Waals surface area contributed by atoms with Crippen LogP contribution in [0.4, 0.5) is 5.69 Å². The van der Waals surface area contributed by atoms with Crippen LogP contribution in [0.5, 0.6) is 0 Å². The molecule has 0 bridgehead atoms. The summed E-state index contributed by atoms with van der Waals surface area (Å²) < 4.78 is 0. The third-order valence-electron chi connectivity index (χ3n) is 3.23. The molecule has 0 spiro atoms. The second kappa shape index (κ2) is 5.46. The van der Waals surface area contributed by atoms with Gasteiger partial charge in [0.2, 0.25) is 5.56 Å². The van der Waals surface area contributed by atoms with Crippen molar-refractivity contribution in [3.05, 3.63) is 75.0 Å². The van der Waals surface area contributed by atoms with Gasteiger partial charge in [0.15, 0.2) is 0 Å². The van der Waals surface area contributed by atoms with Crippen LogP contribution in [0, 0.1) is 0 Å². The highest BCUT2D eigenvalue weighted by Crippen LogP contribution is 2.26. The van der Waals surface area contributed by atoms with E-state index in [-0.39, 0.29) is 5.56 Å². The molecule has 3 aromatic rings. The van der Waals surface area contributed by atoms with Gasteiger partial charge in [0, 0.05) is 11.8 Å². The maximum Gasteiger partial charge on any atom is 0.248 e. The number of fused-ring (bicyclic) bond motifs is 1. The van der Waals surface area contributed by atoms with Gasteiger partial charge >= 0.3 is 0 Å². The van der Waals surface area contributed by atoms with Crippen molar-refractivity contribution < 1.29 is 0 Å². The first-order valence-electron chi connectivity index (χ1n) is 6.49. The molecule has 0 unspecified atom stereocenters. The number of aromatic amines is 1. The highest BCUT2D eigenvalue weighted by atomic mass is 35.5. The van der Waals surface area contributed by atoms with E-state index in [9.17, 15) is 4.79 Å². The Labute approximate surface area is 126 Å². The average molecular weight is 297 g/mol. The van der Waals surface area contributed by atoms with E-state index in [4.69, 9.17) is 17.3 Å². The Hall–Kier alpha value is -2.52. The van der Waals surface area contributed by atoms with Crippen molar-refractivity contribution in [1.29, 1.82) is 0 Å². The van der Waals surface area contributed by atoms with Crippen LogP contribution >= 0.6 is 11.6 Å². The lowest BCUT2D eigenvalue weighted by Gasteiger charge is -2.04. The van der Waals surface area contributed by atoms with Crippen molar-refractivity contribution in [3.63, 3.8) is 0 Å². The summed E-state index contributed by atoms with van der Waals surface area (Å²) in [4.78, 5) is 14.2. The molecule has 2 aromatic carbocycles. The van der Waals surface area contributed by atoms with E-state index in [0.29, 0.717) is 16.2 Å². The molecule has 0 radical (unpaired) electrons. The van der Waals surface area contributed by atoms with E-state index < -0.39 is 0 Å². The molecule has 104 valence electrons. The summed E-state index contributed by atoms with van der Waals surface area (Å²) in [5.74, 6) is 0. The molecule has 0 fully saturated rings. The number of aromatic nitrogens is 1. The molecule has 3 rings (SSSR count). The number of nitrogen functional groups attached to an aromatic ring is 1. The van der Waals surface area contributed by atoms with Gasteiger partial charge in [0.05, 0.1) is 10.5 Å². The minimum Gasteiger partial charge on any atom is -0.399 e. The highest BCUT2D eigenvalue weighted by molar-refractivity contribution is 6.36. The smallest absolute Gasteiger partial charge is 0.248 e. The third kappa shape index (κ3) is 2.83. The molecule has 0 aliphatic heterocycles. The molecule has 0 amide bonds. The molecule has 1 aromatic heterocycles. The molecular weight excluding hydrogens is 284 g/mol. The summed E-state index contributed by atoms with van der Waals surface area (Å²) in [5, 5.41) is 1.44. The molecule has 0 saturated heterocycles. The lowest BCUT2D eigenvalue weighted by molar-refractivity contribution is 1.31. The Kier molecular flexibility index (Phi) is 3.50. The van der Waals surface area contributed by atoms with Crippen molar-refractivity contribution in [2.24, 2.45) is 0 Å². The van der Waals surface area contributed by atoms with E-state index in [1.54, 1.807) is 6.07 Å². The molecule has 0 saturated carbocycles. The fourth-order valence-electron chi connectivity index (χ4n) is 2.18. The first-order valence-corrected chi connectivity index (χ1v) is 6.86. The van der Waals surface area contributed by atoms with E-state index in [1.165, 1.54) is 6.07 Å². The highest BCUT2D eigenvalue weighted by Gasteiger charge is 2.04. The predicted molar refractivity (Wildman–Crippen MR) is 89.4 cm³/mol. The Bertz CT molecular complexity index is 897. The van der Waals surface area contributed by atoms with Gasteiger partial charge in [-0.15, -0.1) is 0 Å². The van der Waals surface area contributed by atoms with Gasteiger partial charge in [-0.25, -0.2) is 0 Å². The van der Waals surface area contributed by atoms with Crippen LogP contribution in [0.3, 0.4) is 0 Å². The Morgan fingerprint density at radius 3 is 2.67 bits per heavy atom. The fourth-order valence-corrected chi connectivity index (χ4v) is 2.46. The number of benzene rings is 2. The molecule has 0 atom stereocenters. The van der Waals surface area contributed by atoms with Crippen LogP contribution in [0.2, 0.25) is 5.02 Å². The molecule has 4 heteroatoms. The summed E-state index contributed by atoms with van der Waals surface area (Å²) >= 11 is 6.36. The molecule has 3 N–H and O–H groups in total. The SMILES string of the molecule is Nc1cccc(/C=C/c2ccc3ccc(=O)[nH]c3c2Cl)c1. The molecular formula is C17H13ClN2O. The molecule has 0 aliphatic carbocycles. The minimum absolute atomic E-state index is 0.165. The number of pyridine rings is 1. The quantitative estimate of drug-likeness (QED) is 0.556. The van der Waals surface area contributed by atoms with Gasteiger partial charge in [-0.1, -0.05) is 48.0 Å². The number of anilines is 1. The second-order valence-electron chi connectivity index (χ2n) is 4.76. The van der Waals surface area contributed by atoms with Crippen molar-refractivity contribution in [2.45, 2.75) is 0 Å². The van der Waals surface area contributed by atoms with E-state index in [1.807, 2.05) is 48.6 Å². The Morgan fingerprint density at radius 2 is 1.86 bits per heavy atom. The first-order chi connectivity index (χ1) is 10.1. The fraction of sp³-hybridized carbons (Fsp3) is 0. The average Bonchev–Trinajstić information content (AvgIpc) is 2.47. The van der Waals surface area contributed by atoms with Gasteiger partial charge in [-0.3, -0.25) is 4.79 Å². The van der Waals surface area contributed by atoms with Crippen LogP contribution < -0.4 is 11.3 Å². The summed E-state index contributed by atoms with van der Waals surface area (Å²) in [5.41, 5.74) is 8.78. The van der Waals surface area contributed by atoms with Crippen molar-refractivity contribution >= 4 is 40.3 Å². The number of hydrogen-bond acceptors (Lipinski definition) is 2. The molecule has 0 aliphatic rings. The largest absolute Gasteiger partial charge is 0.399 e. The molecule has 1 heterocycles. The lowest BCUT2D eigenvalue weighted by Crippen LogP contribution is -2.02. The van der Waals surface area contributed by atoms with Crippen molar-refractivity contribution in [1.82, 2.24) is 4.98 Å². The molecule has 3 nitrogen and oxygen atoms in total. The van der Waals surface area contributed by atoms with Crippen molar-refractivity contribution in [3.8, 4) is 0 Å². The van der Waals surface area contributed by atoms with Crippen molar-refractivity contribution in [2.75, 3.05) is 5.73 Å². The minimum atomic E-state index is -0.165. The van der Waals surface area contributed by atoms with E-state index in [0.717, 1.165) is 16.5 Å². The zero-order valence-corrected chi connectivity index (χ0v) is 11.9. The van der Waals surface area contributed by atoms with Crippen LogP contribution in [-0.2, 0) is 0 Å². The molecule has 21 heavy (non-hydrogen) atoms. The monoisotopic (exact) mass is 296 g/mol. The van der Waals surface area contributed by atoms with E-state index in [2.05, 4.69) is 4.98 Å². The number of rotatable bonds is 2. The number of H-pyrrole nitrogens is 1. The number of halogens is 1. The maximum atomic E-state index is 11.4. The Balaban J connectivity index is 2.05. The van der Waals surface area contributed by atoms with Gasteiger partial charge in [-0.05, 0) is 34.7 Å². The lowest BCUT2D eigenvalue weighted by atomic mass is 10.1. The van der Waals surface area contributed by atoms with E-state index >= 15 is 0 Å². The zero-order valence-electron chi connectivity index (χ0n) is 11.1. The number of hydrogen-bond donors (Lipinski definition) is 2. The number of nitrogens with two attached hydrogens (primary N) is 1. The third-order valence-corrected chi connectivity index (χ3v) is 3.64. The summed E-state index contributed by atoms with van der Waals surface area (Å²) in [6, 6.07) is 14.7.